The third-order valence-corrected chi connectivity index (χ3v) is 7.09. The van der Waals surface area contributed by atoms with Gasteiger partial charge in [-0.25, -0.2) is 4.98 Å². The molecule has 36 heavy (non-hydrogen) atoms. The van der Waals surface area contributed by atoms with Crippen LogP contribution in [0.25, 0.3) is 6.08 Å². The maximum absolute atomic E-state index is 13.2. The predicted molar refractivity (Wildman–Crippen MR) is 137 cm³/mol. The Kier molecular flexibility index (Phi) is 6.12. The highest BCUT2D eigenvalue weighted by atomic mass is 79.9. The molecule has 2 aromatic carbocycles. The molecule has 0 spiro atoms. The van der Waals surface area contributed by atoms with E-state index in [2.05, 4.69) is 30.7 Å². The number of phenols is 1. The molecule has 184 valence electrons. The molecule has 1 N–H and O–H groups in total. The minimum absolute atomic E-state index is 0.121. The third kappa shape index (κ3) is 4.34. The van der Waals surface area contributed by atoms with Crippen molar-refractivity contribution in [2.24, 2.45) is 0 Å². The van der Waals surface area contributed by atoms with Gasteiger partial charge in [-0.2, -0.15) is 0 Å². The van der Waals surface area contributed by atoms with Gasteiger partial charge in [0.25, 0.3) is 0 Å². The Morgan fingerprint density at radius 1 is 1.08 bits per heavy atom. The number of ether oxygens (including phenoxy) is 3. The van der Waals surface area contributed by atoms with E-state index in [1.807, 2.05) is 30.3 Å². The van der Waals surface area contributed by atoms with Crippen LogP contribution >= 0.6 is 15.9 Å². The number of phenolic OH excluding ortho intramolecular Hbond substituents is 1. The van der Waals surface area contributed by atoms with Crippen LogP contribution in [-0.4, -0.2) is 53.7 Å². The Hall–Kier alpha value is -3.40. The van der Waals surface area contributed by atoms with E-state index in [0.29, 0.717) is 35.8 Å². The average molecular weight is 550 g/mol. The number of Topliss-reactive ketones (excluding diaryl/α,β-unsaturated/α-hetero) is 1. The van der Waals surface area contributed by atoms with Crippen molar-refractivity contribution in [2.75, 3.05) is 37.9 Å². The molecule has 0 unspecified atom stereocenters. The number of aromatic nitrogens is 1. The molecule has 0 aliphatic carbocycles. The second-order valence-corrected chi connectivity index (χ2v) is 9.84. The van der Waals surface area contributed by atoms with Crippen LogP contribution in [0, 0.1) is 0 Å². The first-order valence-corrected chi connectivity index (χ1v) is 12.6. The SMILES string of the molecule is O=C1/C(=C/c2cc(Br)cc3c2OCOC3)Oc2c1ccc(O)c2CN1CCN(c2ccccn2)CC1. The van der Waals surface area contributed by atoms with Crippen molar-refractivity contribution in [2.45, 2.75) is 13.2 Å². The summed E-state index contributed by atoms with van der Waals surface area (Å²) in [6.45, 7) is 4.35. The Balaban J connectivity index is 1.24. The average Bonchev–Trinajstić information content (AvgIpc) is 3.21. The lowest BCUT2D eigenvalue weighted by Crippen LogP contribution is -2.46. The molecule has 0 atom stereocenters. The van der Waals surface area contributed by atoms with Gasteiger partial charge in [0, 0.05) is 54.5 Å². The van der Waals surface area contributed by atoms with Gasteiger partial charge in [0.15, 0.2) is 12.6 Å². The highest BCUT2D eigenvalue weighted by Gasteiger charge is 2.33. The molecule has 8 nitrogen and oxygen atoms in total. The summed E-state index contributed by atoms with van der Waals surface area (Å²) in [5.41, 5.74) is 2.70. The maximum Gasteiger partial charge on any atom is 0.231 e. The first-order chi connectivity index (χ1) is 17.6. The van der Waals surface area contributed by atoms with Crippen molar-refractivity contribution in [3.8, 4) is 17.2 Å². The highest BCUT2D eigenvalue weighted by Crippen LogP contribution is 2.41. The Bertz CT molecular complexity index is 1350. The van der Waals surface area contributed by atoms with Crippen LogP contribution in [-0.2, 0) is 17.9 Å². The molecular formula is C27H24BrN3O5. The van der Waals surface area contributed by atoms with Crippen molar-refractivity contribution < 1.29 is 24.1 Å². The Labute approximate surface area is 216 Å². The molecule has 1 fully saturated rings. The number of halogens is 1. The first-order valence-electron chi connectivity index (χ1n) is 11.8. The summed E-state index contributed by atoms with van der Waals surface area (Å²) in [7, 11) is 0. The van der Waals surface area contributed by atoms with Crippen molar-refractivity contribution in [3.63, 3.8) is 0 Å². The van der Waals surface area contributed by atoms with E-state index < -0.39 is 0 Å². The van der Waals surface area contributed by atoms with E-state index >= 15 is 0 Å². The van der Waals surface area contributed by atoms with Gasteiger partial charge in [0.1, 0.15) is 23.1 Å². The lowest BCUT2D eigenvalue weighted by Gasteiger charge is -2.35. The van der Waals surface area contributed by atoms with Crippen LogP contribution in [0.4, 0.5) is 5.82 Å². The number of anilines is 1. The fourth-order valence-corrected chi connectivity index (χ4v) is 5.33. The molecule has 0 amide bonds. The van der Waals surface area contributed by atoms with Crippen LogP contribution in [0.5, 0.6) is 17.2 Å². The van der Waals surface area contributed by atoms with E-state index in [9.17, 15) is 9.90 Å². The van der Waals surface area contributed by atoms with E-state index in [1.54, 1.807) is 24.4 Å². The minimum Gasteiger partial charge on any atom is -0.507 e. The highest BCUT2D eigenvalue weighted by molar-refractivity contribution is 9.10. The molecule has 0 radical (unpaired) electrons. The molecular weight excluding hydrogens is 526 g/mol. The number of hydrogen-bond donors (Lipinski definition) is 1. The molecule has 1 aromatic heterocycles. The number of piperazine rings is 1. The van der Waals surface area contributed by atoms with Gasteiger partial charge < -0.3 is 24.2 Å². The molecule has 1 saturated heterocycles. The zero-order valence-corrected chi connectivity index (χ0v) is 21.0. The number of allylic oxidation sites excluding steroid dienone is 1. The third-order valence-electron chi connectivity index (χ3n) is 6.63. The molecule has 3 aliphatic heterocycles. The molecule has 0 bridgehead atoms. The number of nitrogens with zero attached hydrogens (tertiary/aromatic N) is 3. The minimum atomic E-state index is -0.216. The fourth-order valence-electron chi connectivity index (χ4n) is 4.81. The van der Waals surface area contributed by atoms with Crippen LogP contribution in [0.1, 0.15) is 27.0 Å². The summed E-state index contributed by atoms with van der Waals surface area (Å²) in [6, 6.07) is 12.9. The fraction of sp³-hybridized carbons (Fsp3) is 0.259. The zero-order chi connectivity index (χ0) is 24.6. The monoisotopic (exact) mass is 549 g/mol. The van der Waals surface area contributed by atoms with Gasteiger partial charge in [0.05, 0.1) is 17.7 Å². The number of ketones is 1. The molecule has 6 rings (SSSR count). The second kappa shape index (κ2) is 9.57. The lowest BCUT2D eigenvalue weighted by molar-refractivity contribution is -0.0165. The topological polar surface area (TPSA) is 84.4 Å². The summed E-state index contributed by atoms with van der Waals surface area (Å²) in [4.78, 5) is 22.2. The second-order valence-electron chi connectivity index (χ2n) is 8.92. The van der Waals surface area contributed by atoms with Gasteiger partial charge in [-0.15, -0.1) is 0 Å². The van der Waals surface area contributed by atoms with Gasteiger partial charge in [-0.3, -0.25) is 9.69 Å². The normalized spacial score (nSPS) is 18.5. The van der Waals surface area contributed by atoms with Crippen molar-refractivity contribution in [1.82, 2.24) is 9.88 Å². The standard InChI is InChI=1S/C27H24BrN3O5/c28-19-11-17(26-18(12-19)15-34-16-35-26)13-23-25(33)20-4-5-22(32)21(27(20)36-23)14-30-7-9-31(10-8-30)24-3-1-2-6-29-24/h1-6,11-13,32H,7-10,14-16H2/b23-13-. The van der Waals surface area contributed by atoms with Crippen molar-refractivity contribution in [1.29, 1.82) is 0 Å². The molecule has 0 saturated carbocycles. The molecule has 4 heterocycles. The zero-order valence-electron chi connectivity index (χ0n) is 19.4. The van der Waals surface area contributed by atoms with Crippen LogP contribution in [0.15, 0.2) is 58.9 Å². The number of rotatable bonds is 4. The van der Waals surface area contributed by atoms with Gasteiger partial charge in [-0.1, -0.05) is 22.0 Å². The lowest BCUT2D eigenvalue weighted by atomic mass is 10.0. The van der Waals surface area contributed by atoms with Crippen molar-refractivity contribution in [3.05, 3.63) is 81.1 Å². The predicted octanol–water partition coefficient (Wildman–Crippen LogP) is 4.35. The summed E-state index contributed by atoms with van der Waals surface area (Å²) < 4.78 is 18.0. The number of hydrogen-bond acceptors (Lipinski definition) is 8. The summed E-state index contributed by atoms with van der Waals surface area (Å²) in [5, 5.41) is 10.7. The number of carbonyl (C=O) groups is 1. The maximum atomic E-state index is 13.2. The Morgan fingerprint density at radius 3 is 2.75 bits per heavy atom. The number of benzene rings is 2. The van der Waals surface area contributed by atoms with Gasteiger partial charge >= 0.3 is 0 Å². The molecule has 3 aliphatic rings. The molecule has 9 heteroatoms. The smallest absolute Gasteiger partial charge is 0.231 e. The number of pyridine rings is 1. The largest absolute Gasteiger partial charge is 0.507 e. The number of carbonyl (C=O) groups excluding carboxylic acids is 1. The van der Waals surface area contributed by atoms with E-state index in [0.717, 1.165) is 47.6 Å². The Morgan fingerprint density at radius 2 is 1.94 bits per heavy atom. The summed E-state index contributed by atoms with van der Waals surface area (Å²) in [6.07, 6.45) is 3.50. The summed E-state index contributed by atoms with van der Waals surface area (Å²) in [5.74, 6) is 2.17. The number of fused-ring (bicyclic) bond motifs is 2. The molecule has 3 aromatic rings. The van der Waals surface area contributed by atoms with Crippen LogP contribution in [0.3, 0.4) is 0 Å². The number of aromatic hydroxyl groups is 1. The quantitative estimate of drug-likeness (QED) is 0.480. The van der Waals surface area contributed by atoms with Crippen LogP contribution in [0.2, 0.25) is 0 Å². The van der Waals surface area contributed by atoms with Crippen molar-refractivity contribution >= 4 is 33.6 Å². The first kappa shape index (κ1) is 23.0. The summed E-state index contributed by atoms with van der Waals surface area (Å²) >= 11 is 3.52. The van der Waals surface area contributed by atoms with Gasteiger partial charge in [0.2, 0.25) is 5.78 Å². The van der Waals surface area contributed by atoms with E-state index in [1.165, 1.54) is 0 Å². The van der Waals surface area contributed by atoms with Crippen LogP contribution < -0.4 is 14.4 Å². The van der Waals surface area contributed by atoms with E-state index in [4.69, 9.17) is 14.2 Å². The van der Waals surface area contributed by atoms with E-state index in [-0.39, 0.29) is 24.1 Å². The van der Waals surface area contributed by atoms with Gasteiger partial charge in [-0.05, 0) is 42.5 Å².